The number of carbonyl (C=O) groups is 1. The van der Waals surface area contributed by atoms with Crippen molar-refractivity contribution in [2.45, 2.75) is 64.8 Å². The van der Waals surface area contributed by atoms with Crippen LogP contribution in [0.15, 0.2) is 42.5 Å². The maximum absolute atomic E-state index is 13.3. The predicted octanol–water partition coefficient (Wildman–Crippen LogP) is 5.80. The van der Waals surface area contributed by atoms with Gasteiger partial charge in [0, 0.05) is 12.6 Å². The first kappa shape index (κ1) is 23.2. The van der Waals surface area contributed by atoms with Gasteiger partial charge in [-0.05, 0) is 73.8 Å². The van der Waals surface area contributed by atoms with Crippen LogP contribution in [0.5, 0.6) is 11.5 Å². The highest BCUT2D eigenvalue weighted by molar-refractivity contribution is 5.83. The number of carbonyl (C=O) groups excluding carboxylic acids is 1. The summed E-state index contributed by atoms with van der Waals surface area (Å²) in [6.07, 6.45) is 3.00. The van der Waals surface area contributed by atoms with Crippen LogP contribution in [0.2, 0.25) is 0 Å². The topological polar surface area (TPSA) is 38.8 Å². The van der Waals surface area contributed by atoms with Gasteiger partial charge in [-0.15, -0.1) is 0 Å². The molecule has 1 aliphatic rings. The molecule has 0 bridgehead atoms. The van der Waals surface area contributed by atoms with Gasteiger partial charge in [-0.25, -0.2) is 0 Å². The fraction of sp³-hybridized carbons (Fsp3) is 0.519. The standard InChI is InChI=1S/C27H37NO3/c1-18(2)15-21-7-9-22(10-8-21)20(4)27(29)28-14-13-24(16-19(28)3)23-11-12-25(30-5)26(17-23)31-6/h7-12,17-20,24H,13-16H2,1-6H3/t19?,20-,24?/m0/s1. The van der Waals surface area contributed by atoms with E-state index < -0.39 is 0 Å². The number of amides is 1. The van der Waals surface area contributed by atoms with E-state index in [4.69, 9.17) is 9.47 Å². The number of benzene rings is 2. The second-order valence-corrected chi connectivity index (χ2v) is 9.28. The minimum Gasteiger partial charge on any atom is -0.493 e. The van der Waals surface area contributed by atoms with E-state index in [0.29, 0.717) is 11.8 Å². The molecule has 4 heteroatoms. The number of rotatable bonds is 7. The molecule has 0 spiro atoms. The second-order valence-electron chi connectivity index (χ2n) is 9.28. The van der Waals surface area contributed by atoms with Crippen LogP contribution in [0.1, 0.15) is 69.1 Å². The summed E-state index contributed by atoms with van der Waals surface area (Å²) in [5, 5.41) is 0. The lowest BCUT2D eigenvalue weighted by Crippen LogP contribution is -2.45. The van der Waals surface area contributed by atoms with E-state index in [1.54, 1.807) is 14.2 Å². The van der Waals surface area contributed by atoms with Crippen molar-refractivity contribution < 1.29 is 14.3 Å². The molecule has 0 aromatic heterocycles. The van der Waals surface area contributed by atoms with Crippen molar-refractivity contribution in [2.75, 3.05) is 20.8 Å². The van der Waals surface area contributed by atoms with E-state index in [0.717, 1.165) is 42.9 Å². The molecule has 1 saturated heterocycles. The Morgan fingerprint density at radius 2 is 1.71 bits per heavy atom. The Kier molecular flexibility index (Phi) is 7.64. The van der Waals surface area contributed by atoms with Crippen LogP contribution in [0.25, 0.3) is 0 Å². The molecule has 2 aromatic rings. The summed E-state index contributed by atoms with van der Waals surface area (Å²) < 4.78 is 10.8. The highest BCUT2D eigenvalue weighted by Crippen LogP contribution is 2.37. The van der Waals surface area contributed by atoms with Crippen molar-refractivity contribution >= 4 is 5.91 Å². The van der Waals surface area contributed by atoms with Crippen LogP contribution >= 0.6 is 0 Å². The first-order chi connectivity index (χ1) is 14.8. The number of piperidine rings is 1. The molecule has 1 amide bonds. The Morgan fingerprint density at radius 1 is 1.03 bits per heavy atom. The molecular formula is C27H37NO3. The molecule has 4 nitrogen and oxygen atoms in total. The van der Waals surface area contributed by atoms with Gasteiger partial charge in [0.15, 0.2) is 11.5 Å². The first-order valence-corrected chi connectivity index (χ1v) is 11.4. The van der Waals surface area contributed by atoms with Gasteiger partial charge in [-0.1, -0.05) is 44.2 Å². The third-order valence-corrected chi connectivity index (χ3v) is 6.53. The van der Waals surface area contributed by atoms with E-state index in [2.05, 4.69) is 62.1 Å². The van der Waals surface area contributed by atoms with Crippen LogP contribution in [-0.4, -0.2) is 37.6 Å². The predicted molar refractivity (Wildman–Crippen MR) is 126 cm³/mol. The Bertz CT molecular complexity index is 875. The van der Waals surface area contributed by atoms with Crippen LogP contribution in [-0.2, 0) is 11.2 Å². The summed E-state index contributed by atoms with van der Waals surface area (Å²) in [6, 6.07) is 15.0. The molecule has 0 aliphatic carbocycles. The SMILES string of the molecule is COc1ccc(C2CCN(C(=O)[C@@H](C)c3ccc(CC(C)C)cc3)C(C)C2)cc1OC. The number of ether oxygens (including phenoxy) is 2. The van der Waals surface area contributed by atoms with Crippen molar-refractivity contribution in [1.82, 2.24) is 4.90 Å². The Hall–Kier alpha value is -2.49. The summed E-state index contributed by atoms with van der Waals surface area (Å²) in [6.45, 7) is 9.45. The largest absolute Gasteiger partial charge is 0.493 e. The number of nitrogens with zero attached hydrogens (tertiary/aromatic N) is 1. The van der Waals surface area contributed by atoms with Gasteiger partial charge >= 0.3 is 0 Å². The maximum Gasteiger partial charge on any atom is 0.230 e. The van der Waals surface area contributed by atoms with Crippen molar-refractivity contribution in [2.24, 2.45) is 5.92 Å². The lowest BCUT2D eigenvalue weighted by Gasteiger charge is -2.39. The second kappa shape index (κ2) is 10.2. The van der Waals surface area contributed by atoms with E-state index in [9.17, 15) is 4.79 Å². The molecule has 31 heavy (non-hydrogen) atoms. The molecule has 1 fully saturated rings. The Balaban J connectivity index is 1.65. The molecule has 0 saturated carbocycles. The normalized spacial score (nSPS) is 19.9. The molecule has 0 N–H and O–H groups in total. The zero-order valence-electron chi connectivity index (χ0n) is 19.9. The smallest absolute Gasteiger partial charge is 0.230 e. The summed E-state index contributed by atoms with van der Waals surface area (Å²) in [5.41, 5.74) is 3.69. The summed E-state index contributed by atoms with van der Waals surface area (Å²) in [5.74, 6) is 2.69. The van der Waals surface area contributed by atoms with Gasteiger partial charge in [0.05, 0.1) is 20.1 Å². The van der Waals surface area contributed by atoms with E-state index >= 15 is 0 Å². The molecule has 3 atom stereocenters. The molecular weight excluding hydrogens is 386 g/mol. The number of hydrogen-bond acceptors (Lipinski definition) is 3. The molecule has 1 heterocycles. The lowest BCUT2D eigenvalue weighted by atomic mass is 9.84. The first-order valence-electron chi connectivity index (χ1n) is 11.4. The average Bonchev–Trinajstić information content (AvgIpc) is 2.77. The van der Waals surface area contributed by atoms with Gasteiger partial charge in [-0.3, -0.25) is 4.79 Å². The minimum absolute atomic E-state index is 0.117. The number of likely N-dealkylation sites (tertiary alicyclic amines) is 1. The third-order valence-electron chi connectivity index (χ3n) is 6.53. The van der Waals surface area contributed by atoms with Crippen LogP contribution in [0.4, 0.5) is 0 Å². The summed E-state index contributed by atoms with van der Waals surface area (Å²) >= 11 is 0. The number of methoxy groups -OCH3 is 2. The van der Waals surface area contributed by atoms with Crippen LogP contribution in [0.3, 0.4) is 0 Å². The monoisotopic (exact) mass is 423 g/mol. The van der Waals surface area contributed by atoms with E-state index in [1.165, 1.54) is 11.1 Å². The fourth-order valence-electron chi connectivity index (χ4n) is 4.71. The van der Waals surface area contributed by atoms with Gasteiger partial charge in [0.1, 0.15) is 0 Å². The molecule has 1 aliphatic heterocycles. The maximum atomic E-state index is 13.3. The minimum atomic E-state index is -0.117. The van der Waals surface area contributed by atoms with Crippen LogP contribution in [0, 0.1) is 5.92 Å². The molecule has 2 aromatic carbocycles. The van der Waals surface area contributed by atoms with E-state index in [1.807, 2.05) is 13.0 Å². The number of hydrogen-bond donors (Lipinski definition) is 0. The van der Waals surface area contributed by atoms with Gasteiger partial charge < -0.3 is 14.4 Å². The van der Waals surface area contributed by atoms with Gasteiger partial charge in [0.2, 0.25) is 5.91 Å². The van der Waals surface area contributed by atoms with Crippen molar-refractivity contribution in [3.05, 3.63) is 59.2 Å². The highest BCUT2D eigenvalue weighted by atomic mass is 16.5. The van der Waals surface area contributed by atoms with Crippen molar-refractivity contribution in [1.29, 1.82) is 0 Å². The van der Waals surface area contributed by atoms with Gasteiger partial charge in [0.25, 0.3) is 0 Å². The third kappa shape index (κ3) is 5.41. The molecule has 0 radical (unpaired) electrons. The van der Waals surface area contributed by atoms with Crippen molar-refractivity contribution in [3.63, 3.8) is 0 Å². The molecule has 3 rings (SSSR count). The Morgan fingerprint density at radius 3 is 2.29 bits per heavy atom. The lowest BCUT2D eigenvalue weighted by molar-refractivity contribution is -0.135. The van der Waals surface area contributed by atoms with Crippen LogP contribution < -0.4 is 9.47 Å². The summed E-state index contributed by atoms with van der Waals surface area (Å²) in [7, 11) is 3.32. The molecule has 168 valence electrons. The summed E-state index contributed by atoms with van der Waals surface area (Å²) in [4.78, 5) is 15.4. The Labute approximate surface area is 187 Å². The molecule has 2 unspecified atom stereocenters. The highest BCUT2D eigenvalue weighted by Gasteiger charge is 2.32. The van der Waals surface area contributed by atoms with Gasteiger partial charge in [-0.2, -0.15) is 0 Å². The quantitative estimate of drug-likeness (QED) is 0.565. The zero-order chi connectivity index (χ0) is 22.5. The zero-order valence-corrected chi connectivity index (χ0v) is 19.9. The van der Waals surface area contributed by atoms with E-state index in [-0.39, 0.29) is 17.9 Å². The van der Waals surface area contributed by atoms with Crippen molar-refractivity contribution in [3.8, 4) is 11.5 Å². The average molecular weight is 424 g/mol. The fourth-order valence-corrected chi connectivity index (χ4v) is 4.71.